The molecule has 0 fully saturated rings. The van der Waals surface area contributed by atoms with E-state index in [1.807, 2.05) is 24.3 Å². The zero-order chi connectivity index (χ0) is 18.8. The standard InChI is InChI=1S/C20H18FNO4/c1-11-18(14-6-4-5-7-16(14)22-11)19(23)12(2)26-20(24)15-10-13(21)8-9-17(15)25-3/h4-10,12,22H,1-3H3/t12-/m1/s1. The van der Waals surface area contributed by atoms with Crippen molar-refractivity contribution in [2.24, 2.45) is 0 Å². The first-order valence-electron chi connectivity index (χ1n) is 8.08. The molecule has 1 heterocycles. The van der Waals surface area contributed by atoms with Crippen molar-refractivity contribution >= 4 is 22.7 Å². The molecule has 1 atom stereocenters. The molecule has 26 heavy (non-hydrogen) atoms. The largest absolute Gasteiger partial charge is 0.496 e. The fourth-order valence-electron chi connectivity index (χ4n) is 2.91. The van der Waals surface area contributed by atoms with Gasteiger partial charge in [0.05, 0.1) is 7.11 Å². The maximum absolute atomic E-state index is 13.5. The fourth-order valence-corrected chi connectivity index (χ4v) is 2.91. The monoisotopic (exact) mass is 355 g/mol. The van der Waals surface area contributed by atoms with E-state index in [1.165, 1.54) is 26.2 Å². The van der Waals surface area contributed by atoms with E-state index in [4.69, 9.17) is 9.47 Å². The van der Waals surface area contributed by atoms with E-state index >= 15 is 0 Å². The second kappa shape index (κ2) is 7.00. The van der Waals surface area contributed by atoms with Gasteiger partial charge in [-0.3, -0.25) is 4.79 Å². The first-order valence-corrected chi connectivity index (χ1v) is 8.08. The summed E-state index contributed by atoms with van der Waals surface area (Å²) in [5.41, 5.74) is 1.94. The Morgan fingerprint density at radius 2 is 1.88 bits per heavy atom. The molecule has 5 nitrogen and oxygen atoms in total. The molecule has 3 rings (SSSR count). The third kappa shape index (κ3) is 3.18. The maximum atomic E-state index is 13.5. The van der Waals surface area contributed by atoms with Gasteiger partial charge in [0.25, 0.3) is 0 Å². The van der Waals surface area contributed by atoms with Gasteiger partial charge in [0.15, 0.2) is 6.10 Å². The Morgan fingerprint density at radius 1 is 1.15 bits per heavy atom. The molecule has 0 spiro atoms. The zero-order valence-corrected chi connectivity index (χ0v) is 14.6. The van der Waals surface area contributed by atoms with Crippen LogP contribution in [0.4, 0.5) is 4.39 Å². The van der Waals surface area contributed by atoms with E-state index in [0.29, 0.717) is 11.3 Å². The van der Waals surface area contributed by atoms with Crippen molar-refractivity contribution in [1.29, 1.82) is 0 Å². The summed E-state index contributed by atoms with van der Waals surface area (Å²) in [5, 5.41) is 0.765. The van der Waals surface area contributed by atoms with Crippen LogP contribution in [0.25, 0.3) is 10.9 Å². The Morgan fingerprint density at radius 3 is 2.62 bits per heavy atom. The van der Waals surface area contributed by atoms with Crippen LogP contribution >= 0.6 is 0 Å². The molecule has 0 aliphatic rings. The number of aromatic amines is 1. The average molecular weight is 355 g/mol. The van der Waals surface area contributed by atoms with Gasteiger partial charge in [-0.25, -0.2) is 9.18 Å². The summed E-state index contributed by atoms with van der Waals surface area (Å²) in [6.07, 6.45) is -1.03. The van der Waals surface area contributed by atoms with Crippen molar-refractivity contribution in [3.05, 3.63) is 65.1 Å². The number of methoxy groups -OCH3 is 1. The van der Waals surface area contributed by atoms with Gasteiger partial charge in [-0.05, 0) is 38.1 Å². The number of ketones is 1. The van der Waals surface area contributed by atoms with E-state index < -0.39 is 17.9 Å². The molecule has 0 bridgehead atoms. The van der Waals surface area contributed by atoms with Crippen LogP contribution in [0.15, 0.2) is 42.5 Å². The predicted octanol–water partition coefficient (Wildman–Crippen LogP) is 4.05. The van der Waals surface area contributed by atoms with Crippen molar-refractivity contribution < 1.29 is 23.5 Å². The highest BCUT2D eigenvalue weighted by atomic mass is 19.1. The molecular formula is C20H18FNO4. The number of nitrogens with one attached hydrogen (secondary N) is 1. The van der Waals surface area contributed by atoms with E-state index in [1.54, 1.807) is 6.92 Å². The van der Waals surface area contributed by atoms with Gasteiger partial charge in [-0.2, -0.15) is 0 Å². The molecule has 1 N–H and O–H groups in total. The zero-order valence-electron chi connectivity index (χ0n) is 14.6. The Kier molecular flexibility index (Phi) is 4.75. The van der Waals surface area contributed by atoms with Gasteiger partial charge in [-0.1, -0.05) is 18.2 Å². The number of hydrogen-bond donors (Lipinski definition) is 1. The minimum atomic E-state index is -1.03. The highest BCUT2D eigenvalue weighted by molar-refractivity contribution is 6.11. The third-order valence-corrected chi connectivity index (χ3v) is 4.17. The van der Waals surface area contributed by atoms with Crippen LogP contribution in [0, 0.1) is 12.7 Å². The van der Waals surface area contributed by atoms with Crippen LogP contribution in [-0.4, -0.2) is 30.0 Å². The molecule has 6 heteroatoms. The Labute approximate surface area is 149 Å². The number of rotatable bonds is 5. The number of fused-ring (bicyclic) bond motifs is 1. The minimum Gasteiger partial charge on any atom is -0.496 e. The second-order valence-electron chi connectivity index (χ2n) is 5.93. The van der Waals surface area contributed by atoms with Crippen molar-refractivity contribution in [2.75, 3.05) is 7.11 Å². The van der Waals surface area contributed by atoms with Crippen molar-refractivity contribution in [3.8, 4) is 5.75 Å². The van der Waals surface area contributed by atoms with E-state index in [2.05, 4.69) is 4.98 Å². The number of aromatic nitrogens is 1. The fraction of sp³-hybridized carbons (Fsp3) is 0.200. The summed E-state index contributed by atoms with van der Waals surface area (Å²) in [4.78, 5) is 28.3. The molecule has 0 unspecified atom stereocenters. The highest BCUT2D eigenvalue weighted by Crippen LogP contribution is 2.25. The first kappa shape index (κ1) is 17.7. The molecule has 0 saturated heterocycles. The van der Waals surface area contributed by atoms with Crippen LogP contribution in [0.1, 0.15) is 33.3 Å². The summed E-state index contributed by atoms with van der Waals surface area (Å²) in [6.45, 7) is 3.28. The number of benzene rings is 2. The molecule has 134 valence electrons. The van der Waals surface area contributed by atoms with E-state index in [0.717, 1.165) is 17.0 Å². The smallest absolute Gasteiger partial charge is 0.342 e. The van der Waals surface area contributed by atoms with Gasteiger partial charge in [0, 0.05) is 22.2 Å². The number of Topliss-reactive ketones (excluding diaryl/α,β-unsaturated/α-hetero) is 1. The second-order valence-corrected chi connectivity index (χ2v) is 5.93. The molecule has 1 aromatic heterocycles. The van der Waals surface area contributed by atoms with Gasteiger partial charge >= 0.3 is 5.97 Å². The van der Waals surface area contributed by atoms with Crippen LogP contribution in [0.3, 0.4) is 0 Å². The average Bonchev–Trinajstić information content (AvgIpc) is 2.96. The number of hydrogen-bond acceptors (Lipinski definition) is 4. The summed E-state index contributed by atoms with van der Waals surface area (Å²) in [7, 11) is 1.37. The topological polar surface area (TPSA) is 68.4 Å². The lowest BCUT2D eigenvalue weighted by Gasteiger charge is -2.14. The Bertz CT molecular complexity index is 993. The van der Waals surface area contributed by atoms with Crippen molar-refractivity contribution in [2.45, 2.75) is 20.0 Å². The lowest BCUT2D eigenvalue weighted by Crippen LogP contribution is -2.25. The van der Waals surface area contributed by atoms with Crippen molar-refractivity contribution in [1.82, 2.24) is 4.98 Å². The Hall–Kier alpha value is -3.15. The minimum absolute atomic E-state index is 0.0669. The summed E-state index contributed by atoms with van der Waals surface area (Å²) in [5.74, 6) is -1.56. The lowest BCUT2D eigenvalue weighted by molar-refractivity contribution is 0.0315. The van der Waals surface area contributed by atoms with E-state index in [9.17, 15) is 14.0 Å². The maximum Gasteiger partial charge on any atom is 0.342 e. The SMILES string of the molecule is COc1ccc(F)cc1C(=O)O[C@H](C)C(=O)c1c(C)[nH]c2ccccc12. The third-order valence-electron chi connectivity index (χ3n) is 4.17. The number of H-pyrrole nitrogens is 1. The number of aryl methyl sites for hydroxylation is 1. The van der Waals surface area contributed by atoms with Crippen LogP contribution in [0.2, 0.25) is 0 Å². The molecule has 0 aliphatic carbocycles. The van der Waals surface area contributed by atoms with Crippen LogP contribution in [0.5, 0.6) is 5.75 Å². The van der Waals surface area contributed by atoms with Gasteiger partial charge in [0.2, 0.25) is 5.78 Å². The number of halogens is 1. The lowest BCUT2D eigenvalue weighted by atomic mass is 10.0. The Balaban J connectivity index is 1.87. The van der Waals surface area contributed by atoms with Crippen LogP contribution < -0.4 is 4.74 Å². The molecule has 0 amide bonds. The number of carbonyl (C=O) groups is 2. The highest BCUT2D eigenvalue weighted by Gasteiger charge is 2.26. The number of ether oxygens (including phenoxy) is 2. The van der Waals surface area contributed by atoms with Crippen LogP contribution in [-0.2, 0) is 4.74 Å². The molecule has 2 aromatic carbocycles. The number of para-hydroxylation sites is 1. The summed E-state index contributed by atoms with van der Waals surface area (Å²) in [6, 6.07) is 10.9. The molecule has 0 aliphatic heterocycles. The van der Waals surface area contributed by atoms with Gasteiger partial charge in [-0.15, -0.1) is 0 Å². The normalized spacial score (nSPS) is 12.0. The predicted molar refractivity (Wildman–Crippen MR) is 95.2 cm³/mol. The first-order chi connectivity index (χ1) is 12.4. The van der Waals surface area contributed by atoms with Gasteiger partial charge < -0.3 is 14.5 Å². The number of carbonyl (C=O) groups excluding carboxylic acids is 2. The van der Waals surface area contributed by atoms with Gasteiger partial charge in [0.1, 0.15) is 17.1 Å². The molecule has 0 radical (unpaired) electrons. The number of esters is 1. The van der Waals surface area contributed by atoms with Crippen molar-refractivity contribution in [3.63, 3.8) is 0 Å². The summed E-state index contributed by atoms with van der Waals surface area (Å²) >= 11 is 0. The molecule has 0 saturated carbocycles. The van der Waals surface area contributed by atoms with E-state index in [-0.39, 0.29) is 17.1 Å². The molecular weight excluding hydrogens is 337 g/mol. The summed E-state index contributed by atoms with van der Waals surface area (Å²) < 4.78 is 23.8. The quantitative estimate of drug-likeness (QED) is 0.554. The molecule has 3 aromatic rings.